The molecule has 8 nitrogen and oxygen atoms in total. The number of rotatable bonds is 6. The molecule has 0 radical (unpaired) electrons. The van der Waals surface area contributed by atoms with E-state index in [4.69, 9.17) is 15.2 Å². The Kier molecular flexibility index (Phi) is 7.78. The minimum atomic E-state index is -1.21. The maximum atomic E-state index is 16.2. The van der Waals surface area contributed by atoms with E-state index in [1.54, 1.807) is 7.11 Å². The Labute approximate surface area is 248 Å². The molecule has 3 aliphatic heterocycles. The normalized spacial score (nSPS) is 39.5. The molecule has 42 heavy (non-hydrogen) atoms. The predicted octanol–water partition coefficient (Wildman–Crippen LogP) is 2.99. The number of amides is 1. The zero-order chi connectivity index (χ0) is 29.0. The fourth-order valence-electron chi connectivity index (χ4n) is 9.27. The van der Waals surface area contributed by atoms with Crippen LogP contribution in [0.15, 0.2) is 36.0 Å². The summed E-state index contributed by atoms with van der Waals surface area (Å²) in [5.41, 5.74) is 7.41. The van der Waals surface area contributed by atoms with Crippen LogP contribution in [0.3, 0.4) is 0 Å². The summed E-state index contributed by atoms with van der Waals surface area (Å²) in [6, 6.07) is 7.22. The fraction of sp³-hybridized carbons (Fsp3) is 0.697. The van der Waals surface area contributed by atoms with Gasteiger partial charge in [0.15, 0.2) is 5.78 Å². The summed E-state index contributed by atoms with van der Waals surface area (Å²) in [6.07, 6.45) is 8.74. The molecule has 0 bridgehead atoms. The summed E-state index contributed by atoms with van der Waals surface area (Å²) in [7, 11) is 1.63. The first-order chi connectivity index (χ1) is 20.4. The molecule has 9 heteroatoms. The number of nitrogens with zero attached hydrogens (tertiary/aromatic N) is 2. The average molecular weight is 581 g/mol. The van der Waals surface area contributed by atoms with Crippen molar-refractivity contribution in [2.24, 2.45) is 23.5 Å². The van der Waals surface area contributed by atoms with Crippen molar-refractivity contribution in [1.82, 2.24) is 15.1 Å². The highest BCUT2D eigenvalue weighted by Crippen LogP contribution is 2.51. The second-order valence-corrected chi connectivity index (χ2v) is 13.5. The van der Waals surface area contributed by atoms with E-state index in [0.29, 0.717) is 31.3 Å². The summed E-state index contributed by atoms with van der Waals surface area (Å²) in [5.74, 6) is 0.848. The molecule has 3 heterocycles. The minimum Gasteiger partial charge on any atom is -0.496 e. The molecule has 3 saturated carbocycles. The van der Waals surface area contributed by atoms with Crippen molar-refractivity contribution in [3.05, 3.63) is 41.6 Å². The third kappa shape index (κ3) is 4.95. The van der Waals surface area contributed by atoms with Gasteiger partial charge in [-0.2, -0.15) is 0 Å². The van der Waals surface area contributed by atoms with E-state index in [0.717, 1.165) is 37.1 Å². The summed E-state index contributed by atoms with van der Waals surface area (Å²) >= 11 is 0. The SMILES string of the molecule is COc1ccccc1CCNC(=O)C1=CN2C3CC4CCCCC4CC3OC3C(N4CCC(N)C4)C(F)CC(C1=O)C32. The van der Waals surface area contributed by atoms with Gasteiger partial charge in [0.2, 0.25) is 0 Å². The van der Waals surface area contributed by atoms with Gasteiger partial charge < -0.3 is 25.4 Å². The summed E-state index contributed by atoms with van der Waals surface area (Å²) in [5, 5.41) is 2.98. The molecule has 3 N–H and O–H groups in total. The molecule has 1 aromatic rings. The third-order valence-corrected chi connectivity index (χ3v) is 11.2. The lowest BCUT2D eigenvalue weighted by molar-refractivity contribution is -0.219. The van der Waals surface area contributed by atoms with Crippen LogP contribution >= 0.6 is 0 Å². The fourth-order valence-corrected chi connectivity index (χ4v) is 9.27. The van der Waals surface area contributed by atoms with Crippen molar-refractivity contribution in [1.29, 1.82) is 0 Å². The van der Waals surface area contributed by atoms with Gasteiger partial charge in [-0.1, -0.05) is 43.9 Å². The number of nitrogens with two attached hydrogens (primary N) is 1. The quantitative estimate of drug-likeness (QED) is 0.500. The van der Waals surface area contributed by atoms with Crippen LogP contribution in [0, 0.1) is 17.8 Å². The number of ketones is 1. The summed E-state index contributed by atoms with van der Waals surface area (Å²) < 4.78 is 28.6. The lowest BCUT2D eigenvalue weighted by Gasteiger charge is -2.61. The first-order valence-corrected chi connectivity index (χ1v) is 16.2. The molecule has 0 aromatic heterocycles. The zero-order valence-electron chi connectivity index (χ0n) is 24.6. The molecule has 5 fully saturated rings. The number of ether oxygens (including phenoxy) is 2. The van der Waals surface area contributed by atoms with Crippen LogP contribution in [-0.2, 0) is 20.7 Å². The molecular formula is C33H45FN4O4. The van der Waals surface area contributed by atoms with Crippen LogP contribution in [0.5, 0.6) is 5.75 Å². The highest BCUT2D eigenvalue weighted by Gasteiger charge is 2.60. The van der Waals surface area contributed by atoms with Gasteiger partial charge in [-0.15, -0.1) is 0 Å². The van der Waals surface area contributed by atoms with Crippen molar-refractivity contribution in [2.45, 2.75) is 100 Å². The van der Waals surface area contributed by atoms with Gasteiger partial charge in [-0.3, -0.25) is 14.5 Å². The van der Waals surface area contributed by atoms with E-state index < -0.39 is 24.2 Å². The standard InChI is InChI=1S/C33H45FN4O4/c1-41-27-9-5-4-6-19(27)10-12-36-33(40)24-18-38-26-14-20-7-2-3-8-21(20)15-28(26)42-32-29(38)23(31(24)39)16-25(34)30(32)37-13-11-22(35)17-37/h4-6,9,18,20-23,25-26,28-30,32H,2-3,7-8,10-17,35H2,1H3,(H,36,40). The molecule has 10 atom stereocenters. The lowest BCUT2D eigenvalue weighted by Crippen LogP contribution is -2.73. The van der Waals surface area contributed by atoms with E-state index in [1.807, 2.05) is 30.5 Å². The van der Waals surface area contributed by atoms with Crippen LogP contribution < -0.4 is 15.8 Å². The first kappa shape index (κ1) is 28.3. The van der Waals surface area contributed by atoms with E-state index in [-0.39, 0.29) is 47.9 Å². The van der Waals surface area contributed by atoms with Crippen molar-refractivity contribution < 1.29 is 23.5 Å². The number of methoxy groups -OCH3 is 1. The van der Waals surface area contributed by atoms with Crippen LogP contribution in [0.25, 0.3) is 0 Å². The number of nitrogens with one attached hydrogen (secondary N) is 1. The van der Waals surface area contributed by atoms with Crippen molar-refractivity contribution in [3.8, 4) is 5.75 Å². The zero-order valence-corrected chi connectivity index (χ0v) is 24.6. The number of carbonyl (C=O) groups excluding carboxylic acids is 2. The highest BCUT2D eigenvalue weighted by atomic mass is 19.1. The second-order valence-electron chi connectivity index (χ2n) is 13.5. The van der Waals surface area contributed by atoms with Crippen molar-refractivity contribution in [3.63, 3.8) is 0 Å². The van der Waals surface area contributed by atoms with Gasteiger partial charge in [0, 0.05) is 37.8 Å². The number of fused-ring (bicyclic) bond motifs is 3. The number of carbonyl (C=O) groups is 2. The first-order valence-electron chi connectivity index (χ1n) is 16.2. The van der Waals surface area contributed by atoms with E-state index in [9.17, 15) is 9.59 Å². The Bertz CT molecular complexity index is 1230. The number of hydrogen-bond acceptors (Lipinski definition) is 7. The molecule has 1 amide bonds. The van der Waals surface area contributed by atoms with Crippen LogP contribution in [-0.4, -0.2) is 90.8 Å². The summed E-state index contributed by atoms with van der Waals surface area (Å²) in [4.78, 5) is 32.0. The van der Waals surface area contributed by atoms with E-state index in [1.165, 1.54) is 25.7 Å². The monoisotopic (exact) mass is 580 g/mol. The predicted molar refractivity (Wildman–Crippen MR) is 157 cm³/mol. The topological polar surface area (TPSA) is 97.1 Å². The highest BCUT2D eigenvalue weighted by molar-refractivity contribution is 6.20. The molecule has 0 spiro atoms. The minimum absolute atomic E-state index is 0.0189. The Balaban J connectivity index is 1.17. The maximum absolute atomic E-state index is 16.2. The number of Topliss-reactive ketones (excluding diaryl/α,β-unsaturated/α-hetero) is 1. The van der Waals surface area contributed by atoms with Gasteiger partial charge >= 0.3 is 0 Å². The van der Waals surface area contributed by atoms with Crippen molar-refractivity contribution >= 4 is 11.7 Å². The molecule has 3 aliphatic carbocycles. The van der Waals surface area contributed by atoms with Crippen molar-refractivity contribution in [2.75, 3.05) is 26.7 Å². The largest absolute Gasteiger partial charge is 0.496 e. The van der Waals surface area contributed by atoms with E-state index in [2.05, 4.69) is 15.1 Å². The molecule has 10 unspecified atom stereocenters. The van der Waals surface area contributed by atoms with Crippen LogP contribution in [0.1, 0.15) is 56.9 Å². The van der Waals surface area contributed by atoms with E-state index >= 15 is 4.39 Å². The molecule has 7 rings (SSSR count). The smallest absolute Gasteiger partial charge is 0.256 e. The maximum Gasteiger partial charge on any atom is 0.256 e. The number of morpholine rings is 1. The number of hydrogen-bond donors (Lipinski definition) is 2. The van der Waals surface area contributed by atoms with Gasteiger partial charge in [-0.05, 0) is 55.6 Å². The Morgan fingerprint density at radius 2 is 1.90 bits per heavy atom. The Morgan fingerprint density at radius 3 is 2.67 bits per heavy atom. The number of likely N-dealkylation sites (tertiary alicyclic amines) is 1. The van der Waals surface area contributed by atoms with Crippen LogP contribution in [0.4, 0.5) is 4.39 Å². The average Bonchev–Trinajstić information content (AvgIpc) is 3.42. The van der Waals surface area contributed by atoms with Gasteiger partial charge in [-0.25, -0.2) is 4.39 Å². The Morgan fingerprint density at radius 1 is 1.12 bits per heavy atom. The molecule has 6 aliphatic rings. The molecule has 2 saturated heterocycles. The number of para-hydroxylation sites is 1. The number of halogens is 1. The lowest BCUT2D eigenvalue weighted by atomic mass is 9.64. The molecule has 1 aromatic carbocycles. The van der Waals surface area contributed by atoms with Gasteiger partial charge in [0.1, 0.15) is 11.9 Å². The number of benzene rings is 1. The van der Waals surface area contributed by atoms with Gasteiger partial charge in [0.25, 0.3) is 5.91 Å². The van der Waals surface area contributed by atoms with Crippen LogP contribution in [0.2, 0.25) is 0 Å². The van der Waals surface area contributed by atoms with Gasteiger partial charge in [0.05, 0.1) is 43.0 Å². The second kappa shape index (κ2) is 11.5. The summed E-state index contributed by atoms with van der Waals surface area (Å²) in [6.45, 7) is 1.79. The third-order valence-electron chi connectivity index (χ3n) is 11.2. The Hall–Kier alpha value is -2.49. The number of alkyl halides is 1. The molecule has 228 valence electrons. The molecular weight excluding hydrogens is 535 g/mol.